The average molecular weight is 402 g/mol. The minimum Gasteiger partial charge on any atom is -0.423 e. The van der Waals surface area contributed by atoms with Gasteiger partial charge in [-0.15, -0.1) is 0 Å². The summed E-state index contributed by atoms with van der Waals surface area (Å²) in [6.45, 7) is 0.385. The van der Waals surface area contributed by atoms with Crippen molar-refractivity contribution in [2.45, 2.75) is 6.54 Å². The van der Waals surface area contributed by atoms with Crippen LogP contribution >= 0.6 is 0 Å². The molecule has 1 amide bonds. The molecule has 0 unspecified atom stereocenters. The summed E-state index contributed by atoms with van der Waals surface area (Å²) in [5, 5.41) is 13.6. The molecule has 150 valence electrons. The van der Waals surface area contributed by atoms with E-state index in [9.17, 15) is 19.7 Å². The number of nitrogens with zero attached hydrogens (tertiary/aromatic N) is 1. The third kappa shape index (κ3) is 5.87. The standard InChI is InChI=1S/C23H18N2O5/c26-22(13-12-17-8-4-10-20(14-17)25(28)29)30-21-11-5-9-19(15-21)23(27)24-16-18-6-2-1-3-7-18/h1-15H,16H2,(H,24,27)/b13-12+. The van der Waals surface area contributed by atoms with Crippen LogP contribution in [-0.2, 0) is 11.3 Å². The summed E-state index contributed by atoms with van der Waals surface area (Å²) < 4.78 is 5.23. The number of benzene rings is 3. The van der Waals surface area contributed by atoms with Crippen LogP contribution in [0.2, 0.25) is 0 Å². The Hall–Kier alpha value is -4.26. The Kier molecular flexibility index (Phi) is 6.68. The Labute approximate surface area is 172 Å². The number of amides is 1. The van der Waals surface area contributed by atoms with Gasteiger partial charge in [-0.3, -0.25) is 14.9 Å². The molecule has 0 aromatic heterocycles. The lowest BCUT2D eigenvalue weighted by molar-refractivity contribution is -0.384. The molecule has 1 N–H and O–H groups in total. The van der Waals surface area contributed by atoms with E-state index in [1.165, 1.54) is 36.4 Å². The van der Waals surface area contributed by atoms with Gasteiger partial charge in [-0.2, -0.15) is 0 Å². The Balaban J connectivity index is 1.60. The average Bonchev–Trinajstić information content (AvgIpc) is 2.77. The highest BCUT2D eigenvalue weighted by Crippen LogP contribution is 2.16. The van der Waals surface area contributed by atoms with E-state index in [2.05, 4.69) is 5.32 Å². The molecular weight excluding hydrogens is 384 g/mol. The molecule has 0 spiro atoms. The number of nitro benzene ring substituents is 1. The van der Waals surface area contributed by atoms with E-state index in [0.717, 1.165) is 5.56 Å². The third-order valence-corrected chi connectivity index (χ3v) is 4.10. The first-order valence-corrected chi connectivity index (χ1v) is 9.08. The second-order valence-electron chi connectivity index (χ2n) is 6.30. The van der Waals surface area contributed by atoms with Gasteiger partial charge in [-0.05, 0) is 35.4 Å². The summed E-state index contributed by atoms with van der Waals surface area (Å²) in [6.07, 6.45) is 2.59. The van der Waals surface area contributed by atoms with Crippen molar-refractivity contribution in [3.05, 3.63) is 112 Å². The van der Waals surface area contributed by atoms with Gasteiger partial charge >= 0.3 is 5.97 Å². The number of non-ortho nitro benzene ring substituents is 1. The highest BCUT2D eigenvalue weighted by molar-refractivity contribution is 5.95. The molecule has 0 atom stereocenters. The Morgan fingerprint density at radius 1 is 0.967 bits per heavy atom. The van der Waals surface area contributed by atoms with Crippen molar-refractivity contribution in [3.8, 4) is 5.75 Å². The number of hydrogen-bond donors (Lipinski definition) is 1. The largest absolute Gasteiger partial charge is 0.423 e. The predicted octanol–water partition coefficient (Wildman–Crippen LogP) is 4.14. The molecular formula is C23H18N2O5. The SMILES string of the molecule is O=C(/C=C/c1cccc([N+](=O)[O-])c1)Oc1cccc(C(=O)NCc2ccccc2)c1. The maximum atomic E-state index is 12.3. The first-order valence-electron chi connectivity index (χ1n) is 9.08. The van der Waals surface area contributed by atoms with E-state index in [0.29, 0.717) is 17.7 Å². The number of hydrogen-bond acceptors (Lipinski definition) is 5. The Bertz CT molecular complexity index is 1090. The molecule has 3 aromatic rings. The highest BCUT2D eigenvalue weighted by Gasteiger charge is 2.09. The smallest absolute Gasteiger partial charge is 0.336 e. The van der Waals surface area contributed by atoms with Gasteiger partial charge in [0.2, 0.25) is 0 Å². The number of carbonyl (C=O) groups is 2. The van der Waals surface area contributed by atoms with E-state index >= 15 is 0 Å². The molecule has 30 heavy (non-hydrogen) atoms. The zero-order valence-electron chi connectivity index (χ0n) is 15.9. The molecule has 0 saturated carbocycles. The molecule has 0 saturated heterocycles. The van der Waals surface area contributed by atoms with Crippen molar-refractivity contribution in [3.63, 3.8) is 0 Å². The fraction of sp³-hybridized carbons (Fsp3) is 0.0435. The van der Waals surface area contributed by atoms with Crippen molar-refractivity contribution in [2.24, 2.45) is 0 Å². The number of nitro groups is 1. The van der Waals surface area contributed by atoms with Crippen LogP contribution in [0.15, 0.2) is 84.9 Å². The van der Waals surface area contributed by atoms with Gasteiger partial charge < -0.3 is 10.1 Å². The number of nitrogens with one attached hydrogen (secondary N) is 1. The summed E-state index contributed by atoms with van der Waals surface area (Å²) in [5.41, 5.74) is 1.76. The fourth-order valence-electron chi connectivity index (χ4n) is 2.64. The maximum absolute atomic E-state index is 12.3. The molecule has 3 aromatic carbocycles. The zero-order valence-corrected chi connectivity index (χ0v) is 15.9. The fourth-order valence-corrected chi connectivity index (χ4v) is 2.64. The molecule has 0 heterocycles. The lowest BCUT2D eigenvalue weighted by atomic mass is 10.2. The molecule has 0 bridgehead atoms. The Morgan fingerprint density at radius 2 is 1.73 bits per heavy atom. The molecule has 0 fully saturated rings. The summed E-state index contributed by atoms with van der Waals surface area (Å²) in [4.78, 5) is 34.7. The van der Waals surface area contributed by atoms with Gasteiger partial charge in [0.1, 0.15) is 5.75 Å². The Morgan fingerprint density at radius 3 is 2.50 bits per heavy atom. The van der Waals surface area contributed by atoms with E-state index in [1.807, 2.05) is 30.3 Å². The van der Waals surface area contributed by atoms with Crippen molar-refractivity contribution < 1.29 is 19.2 Å². The lowest BCUT2D eigenvalue weighted by Crippen LogP contribution is -2.22. The molecule has 7 nitrogen and oxygen atoms in total. The quantitative estimate of drug-likeness (QED) is 0.210. The number of ether oxygens (including phenoxy) is 1. The normalized spacial score (nSPS) is 10.5. The van der Waals surface area contributed by atoms with Crippen LogP contribution in [0.25, 0.3) is 6.08 Å². The van der Waals surface area contributed by atoms with E-state index in [1.54, 1.807) is 24.3 Å². The van der Waals surface area contributed by atoms with Crippen LogP contribution in [0, 0.1) is 10.1 Å². The molecule has 3 rings (SSSR count). The third-order valence-electron chi connectivity index (χ3n) is 4.10. The number of rotatable bonds is 7. The van der Waals surface area contributed by atoms with Crippen molar-refractivity contribution in [1.82, 2.24) is 5.32 Å². The summed E-state index contributed by atoms with van der Waals surface area (Å²) in [7, 11) is 0. The van der Waals surface area contributed by atoms with Crippen molar-refractivity contribution >= 4 is 23.6 Å². The first kappa shape index (κ1) is 20.5. The lowest BCUT2D eigenvalue weighted by Gasteiger charge is -2.07. The monoisotopic (exact) mass is 402 g/mol. The van der Waals surface area contributed by atoms with Crippen LogP contribution < -0.4 is 10.1 Å². The first-order chi connectivity index (χ1) is 14.5. The van der Waals surface area contributed by atoms with Crippen LogP contribution in [0.5, 0.6) is 5.75 Å². The van der Waals surface area contributed by atoms with Gasteiger partial charge in [0.05, 0.1) is 4.92 Å². The highest BCUT2D eigenvalue weighted by atomic mass is 16.6. The van der Waals surface area contributed by atoms with E-state index in [4.69, 9.17) is 4.74 Å². The van der Waals surface area contributed by atoms with E-state index < -0.39 is 10.9 Å². The molecule has 0 aliphatic heterocycles. The minimum absolute atomic E-state index is 0.0697. The van der Waals surface area contributed by atoms with Gasteiger partial charge in [0.15, 0.2) is 0 Å². The molecule has 0 radical (unpaired) electrons. The predicted molar refractivity (Wildman–Crippen MR) is 112 cm³/mol. The van der Waals surface area contributed by atoms with Crippen molar-refractivity contribution in [1.29, 1.82) is 0 Å². The minimum atomic E-state index is -0.664. The molecule has 7 heteroatoms. The number of carbonyl (C=O) groups excluding carboxylic acids is 2. The molecule has 0 aliphatic carbocycles. The zero-order chi connectivity index (χ0) is 21.3. The van der Waals surface area contributed by atoms with Crippen LogP contribution in [0.4, 0.5) is 5.69 Å². The van der Waals surface area contributed by atoms with Crippen molar-refractivity contribution in [2.75, 3.05) is 0 Å². The van der Waals surface area contributed by atoms with E-state index in [-0.39, 0.29) is 17.3 Å². The second-order valence-corrected chi connectivity index (χ2v) is 6.30. The van der Waals surface area contributed by atoms with Gasteiger partial charge in [-0.25, -0.2) is 4.79 Å². The van der Waals surface area contributed by atoms with Crippen LogP contribution in [0.3, 0.4) is 0 Å². The van der Waals surface area contributed by atoms with Crippen LogP contribution in [0.1, 0.15) is 21.5 Å². The molecule has 0 aliphatic rings. The van der Waals surface area contributed by atoms with Gasteiger partial charge in [0, 0.05) is 30.3 Å². The van der Waals surface area contributed by atoms with Crippen LogP contribution in [-0.4, -0.2) is 16.8 Å². The topological polar surface area (TPSA) is 98.5 Å². The summed E-state index contributed by atoms with van der Waals surface area (Å²) in [6, 6.07) is 21.6. The summed E-state index contributed by atoms with van der Waals surface area (Å²) in [5.74, 6) is -0.733. The summed E-state index contributed by atoms with van der Waals surface area (Å²) >= 11 is 0. The number of esters is 1. The van der Waals surface area contributed by atoms with Gasteiger partial charge in [0.25, 0.3) is 11.6 Å². The second kappa shape index (κ2) is 9.79. The maximum Gasteiger partial charge on any atom is 0.336 e. The van der Waals surface area contributed by atoms with Gasteiger partial charge in [-0.1, -0.05) is 48.5 Å².